The monoisotopic (exact) mass is 351 g/mol. The number of hydrogen-bond acceptors (Lipinski definition) is 2. The summed E-state index contributed by atoms with van der Waals surface area (Å²) in [6, 6.07) is 8.15. The summed E-state index contributed by atoms with van der Waals surface area (Å²) in [6.45, 7) is 10.4. The zero-order valence-electron chi connectivity index (χ0n) is 14.0. The molecule has 1 atom stereocenters. The van der Waals surface area contributed by atoms with Crippen LogP contribution in [0.2, 0.25) is 0 Å². The van der Waals surface area contributed by atoms with Gasteiger partial charge in [-0.25, -0.2) is 0 Å². The Kier molecular flexibility index (Phi) is 4.18. The lowest BCUT2D eigenvalue weighted by molar-refractivity contribution is 0.481. The Morgan fingerprint density at radius 2 is 1.91 bits per heavy atom. The van der Waals surface area contributed by atoms with Crippen molar-refractivity contribution in [2.24, 2.45) is 0 Å². The van der Waals surface area contributed by atoms with Gasteiger partial charge in [0.1, 0.15) is 10.6 Å². The summed E-state index contributed by atoms with van der Waals surface area (Å²) in [4.78, 5) is 1.78. The number of aromatic hydroxyl groups is 1. The summed E-state index contributed by atoms with van der Waals surface area (Å²) in [5.41, 5.74) is 3.51. The van der Waals surface area contributed by atoms with Crippen LogP contribution in [-0.2, 0) is 5.41 Å². The quantitative estimate of drug-likeness (QED) is 0.714. The Morgan fingerprint density at radius 3 is 2.48 bits per heavy atom. The molecule has 3 rings (SSSR count). The molecule has 4 heteroatoms. The Labute approximate surface area is 148 Å². The molecule has 0 spiro atoms. The largest absolute Gasteiger partial charge is 0.507 e. The van der Waals surface area contributed by atoms with Crippen LogP contribution in [0.25, 0.3) is 10.8 Å². The van der Waals surface area contributed by atoms with E-state index in [0.717, 1.165) is 29.5 Å². The Balaban J connectivity index is 2.33. The fraction of sp³-hybridized carbons (Fsp3) is 0.474. The first-order valence-electron chi connectivity index (χ1n) is 8.07. The van der Waals surface area contributed by atoms with Gasteiger partial charge in [-0.05, 0) is 28.9 Å². The van der Waals surface area contributed by atoms with Gasteiger partial charge < -0.3 is 10.0 Å². The van der Waals surface area contributed by atoms with Crippen molar-refractivity contribution in [3.8, 4) is 5.75 Å². The van der Waals surface area contributed by atoms with Crippen LogP contribution in [0.1, 0.15) is 44.7 Å². The van der Waals surface area contributed by atoms with Crippen molar-refractivity contribution in [2.45, 2.75) is 43.9 Å². The highest BCUT2D eigenvalue weighted by Gasteiger charge is 2.34. The van der Waals surface area contributed by atoms with Crippen molar-refractivity contribution in [3.05, 3.63) is 35.4 Å². The highest BCUT2D eigenvalue weighted by molar-refractivity contribution is 6.45. The second kappa shape index (κ2) is 5.75. The normalized spacial score (nSPS) is 18.0. The van der Waals surface area contributed by atoms with E-state index in [0.29, 0.717) is 5.75 Å². The maximum absolute atomic E-state index is 10.5. The zero-order chi connectivity index (χ0) is 16.9. The summed E-state index contributed by atoms with van der Waals surface area (Å²) < 4.78 is 0. The minimum atomic E-state index is -0.462. The lowest BCUT2D eigenvalue weighted by Crippen LogP contribution is -2.22. The molecular weight excluding hydrogens is 329 g/mol. The van der Waals surface area contributed by atoms with Crippen LogP contribution in [0.4, 0.5) is 5.69 Å². The van der Waals surface area contributed by atoms with Crippen LogP contribution < -0.4 is 4.90 Å². The van der Waals surface area contributed by atoms with Gasteiger partial charge in [-0.15, -0.1) is 23.2 Å². The third kappa shape index (κ3) is 2.77. The molecule has 2 aromatic carbocycles. The first kappa shape index (κ1) is 16.7. The average Bonchev–Trinajstić information content (AvgIpc) is 2.85. The highest BCUT2D eigenvalue weighted by atomic mass is 35.5. The molecule has 0 aliphatic carbocycles. The second-order valence-corrected chi connectivity index (χ2v) is 8.48. The van der Waals surface area contributed by atoms with Gasteiger partial charge in [0.05, 0.1) is 0 Å². The summed E-state index contributed by atoms with van der Waals surface area (Å²) in [6.07, 6.45) is 0. The molecule has 124 valence electrons. The fourth-order valence-corrected chi connectivity index (χ4v) is 3.87. The molecule has 1 aliphatic heterocycles. The molecule has 0 aromatic heterocycles. The van der Waals surface area contributed by atoms with Crippen molar-refractivity contribution in [1.29, 1.82) is 0 Å². The molecular formula is C19H23Cl2NO. The van der Waals surface area contributed by atoms with Gasteiger partial charge in [-0.1, -0.05) is 39.0 Å². The smallest absolute Gasteiger partial charge is 0.125 e. The maximum Gasteiger partial charge on any atom is 0.125 e. The first-order chi connectivity index (χ1) is 10.7. The molecule has 1 unspecified atom stereocenters. The van der Waals surface area contributed by atoms with Crippen LogP contribution in [-0.4, -0.2) is 23.0 Å². The van der Waals surface area contributed by atoms with Gasteiger partial charge >= 0.3 is 0 Å². The van der Waals surface area contributed by atoms with Gasteiger partial charge in [0.25, 0.3) is 0 Å². The standard InChI is InChI=1S/C19H23Cl2NO/c1-5-22-10-14(18(20)21)17-13-8-11(19(2,3)4)6-7-12(13)16(23)9-15(17)22/h6-9,14,18,23H,5,10H2,1-4H3. The van der Waals surface area contributed by atoms with Gasteiger partial charge in [0.2, 0.25) is 0 Å². The van der Waals surface area contributed by atoms with E-state index in [-0.39, 0.29) is 11.3 Å². The van der Waals surface area contributed by atoms with Crippen molar-refractivity contribution < 1.29 is 5.11 Å². The van der Waals surface area contributed by atoms with Gasteiger partial charge in [0.15, 0.2) is 0 Å². The van der Waals surface area contributed by atoms with E-state index in [9.17, 15) is 5.11 Å². The van der Waals surface area contributed by atoms with E-state index in [1.165, 1.54) is 11.1 Å². The molecule has 0 radical (unpaired) electrons. The van der Waals surface area contributed by atoms with E-state index in [1.54, 1.807) is 0 Å². The van der Waals surface area contributed by atoms with E-state index >= 15 is 0 Å². The number of hydrogen-bond donors (Lipinski definition) is 1. The third-order valence-corrected chi connectivity index (χ3v) is 5.42. The van der Waals surface area contributed by atoms with Gasteiger partial charge in [0, 0.05) is 36.1 Å². The third-order valence-electron chi connectivity index (χ3n) is 4.82. The molecule has 1 N–H and O–H groups in total. The summed E-state index contributed by atoms with van der Waals surface area (Å²) >= 11 is 12.6. The minimum absolute atomic E-state index is 0.0480. The minimum Gasteiger partial charge on any atom is -0.507 e. The molecule has 0 amide bonds. The number of halogens is 2. The van der Waals surface area contributed by atoms with E-state index in [4.69, 9.17) is 23.2 Å². The van der Waals surface area contributed by atoms with Crippen LogP contribution >= 0.6 is 23.2 Å². The Hall–Kier alpha value is -1.12. The predicted octanol–water partition coefficient (Wildman–Crippen LogP) is 5.57. The number of alkyl halides is 2. The molecule has 1 heterocycles. The van der Waals surface area contributed by atoms with Crippen molar-refractivity contribution in [2.75, 3.05) is 18.0 Å². The Morgan fingerprint density at radius 1 is 1.22 bits per heavy atom. The maximum atomic E-state index is 10.5. The van der Waals surface area contributed by atoms with Crippen LogP contribution in [0.15, 0.2) is 24.3 Å². The topological polar surface area (TPSA) is 23.5 Å². The number of likely N-dealkylation sites (N-methyl/N-ethyl adjacent to an activating group) is 1. The summed E-state index contributed by atoms with van der Waals surface area (Å²) in [7, 11) is 0. The second-order valence-electron chi connectivity index (χ2n) is 7.32. The zero-order valence-corrected chi connectivity index (χ0v) is 15.5. The van der Waals surface area contributed by atoms with E-state index in [1.807, 2.05) is 12.1 Å². The first-order valence-corrected chi connectivity index (χ1v) is 8.94. The van der Waals surface area contributed by atoms with E-state index < -0.39 is 4.84 Å². The molecule has 2 nitrogen and oxygen atoms in total. The van der Waals surface area contributed by atoms with Crippen LogP contribution in [0.5, 0.6) is 5.75 Å². The number of rotatable bonds is 2. The van der Waals surface area contributed by atoms with Gasteiger partial charge in [-0.3, -0.25) is 0 Å². The number of fused-ring (bicyclic) bond motifs is 3. The number of phenolic OH excluding ortho intramolecular Hbond substituents is 1. The number of nitrogens with zero attached hydrogens (tertiary/aromatic N) is 1. The lowest BCUT2D eigenvalue weighted by atomic mass is 9.84. The highest BCUT2D eigenvalue weighted by Crippen LogP contribution is 2.48. The molecule has 1 aliphatic rings. The van der Waals surface area contributed by atoms with Crippen molar-refractivity contribution >= 4 is 39.7 Å². The predicted molar refractivity (Wildman–Crippen MR) is 100 cm³/mol. The molecule has 2 aromatic rings. The number of benzene rings is 2. The average molecular weight is 352 g/mol. The lowest BCUT2D eigenvalue weighted by Gasteiger charge is -2.22. The molecule has 23 heavy (non-hydrogen) atoms. The fourth-order valence-electron chi connectivity index (χ4n) is 3.46. The molecule has 0 bridgehead atoms. The van der Waals surface area contributed by atoms with Gasteiger partial charge in [-0.2, -0.15) is 0 Å². The SMILES string of the molecule is CCN1CC(C(Cl)Cl)c2c1cc(O)c1ccc(C(C)(C)C)cc21. The Bertz CT molecular complexity index is 749. The van der Waals surface area contributed by atoms with Crippen molar-refractivity contribution in [3.63, 3.8) is 0 Å². The van der Waals surface area contributed by atoms with Crippen LogP contribution in [0, 0.1) is 0 Å². The van der Waals surface area contributed by atoms with Crippen molar-refractivity contribution in [1.82, 2.24) is 0 Å². The molecule has 0 saturated carbocycles. The summed E-state index contributed by atoms with van der Waals surface area (Å²) in [5.74, 6) is 0.380. The van der Waals surface area contributed by atoms with E-state index in [2.05, 4.69) is 44.7 Å². The molecule has 0 fully saturated rings. The van der Waals surface area contributed by atoms with Crippen LogP contribution in [0.3, 0.4) is 0 Å². The summed E-state index contributed by atoms with van der Waals surface area (Å²) in [5, 5.41) is 12.4. The number of phenols is 1. The molecule has 0 saturated heterocycles. The number of anilines is 1.